The summed E-state index contributed by atoms with van der Waals surface area (Å²) in [6, 6.07) is 15.2. The first-order valence-electron chi connectivity index (χ1n) is 8.99. The number of benzene rings is 2. The second-order valence-electron chi connectivity index (χ2n) is 6.75. The average Bonchev–Trinajstić information content (AvgIpc) is 3.17. The highest BCUT2D eigenvalue weighted by molar-refractivity contribution is 5.95. The minimum Gasteiger partial charge on any atom is -0.373 e. The van der Waals surface area contributed by atoms with Crippen LogP contribution in [0.25, 0.3) is 0 Å². The first-order chi connectivity index (χ1) is 12.6. The summed E-state index contributed by atoms with van der Waals surface area (Å²) in [7, 11) is 0. The quantitative estimate of drug-likeness (QED) is 0.455. The van der Waals surface area contributed by atoms with Gasteiger partial charge in [0.15, 0.2) is 5.78 Å². The molecule has 3 rings (SSSR count). The lowest BCUT2D eigenvalue weighted by molar-refractivity contribution is -0.917. The number of hydrogen-bond donors (Lipinski definition) is 2. The number of ketones is 1. The van der Waals surface area contributed by atoms with Crippen LogP contribution in [0.2, 0.25) is 0 Å². The van der Waals surface area contributed by atoms with Crippen LogP contribution in [-0.2, 0) is 0 Å². The van der Waals surface area contributed by atoms with Gasteiger partial charge in [0.1, 0.15) is 11.7 Å². The average molecular weight is 354 g/mol. The molecule has 6 nitrogen and oxygen atoms in total. The van der Waals surface area contributed by atoms with Crippen molar-refractivity contribution < 1.29 is 14.6 Å². The summed E-state index contributed by atoms with van der Waals surface area (Å²) >= 11 is 0. The number of Topliss-reactive ketones (excluding diaryl/α,β-unsaturated/α-hetero) is 1. The van der Waals surface area contributed by atoms with Gasteiger partial charge in [0.05, 0.1) is 24.6 Å². The van der Waals surface area contributed by atoms with E-state index in [1.807, 2.05) is 18.2 Å². The minimum atomic E-state index is -0.436. The molecule has 0 saturated carbocycles. The largest absolute Gasteiger partial charge is 0.373 e. The fourth-order valence-electron chi connectivity index (χ4n) is 3.62. The maximum Gasteiger partial charge on any atom is 0.293 e. The second kappa shape index (κ2) is 8.10. The number of nitrogens with one attached hydrogen (secondary N) is 2. The Kier molecular flexibility index (Phi) is 5.63. The van der Waals surface area contributed by atoms with Gasteiger partial charge in [0.25, 0.3) is 5.69 Å². The van der Waals surface area contributed by atoms with Crippen LogP contribution in [0.3, 0.4) is 0 Å². The predicted molar refractivity (Wildman–Crippen MR) is 101 cm³/mol. The molecule has 0 bridgehead atoms. The van der Waals surface area contributed by atoms with E-state index in [4.69, 9.17) is 0 Å². The number of anilines is 1. The van der Waals surface area contributed by atoms with E-state index in [2.05, 4.69) is 17.4 Å². The fraction of sp³-hybridized carbons (Fsp3) is 0.350. The summed E-state index contributed by atoms with van der Waals surface area (Å²) in [6.07, 6.45) is 2.43. The van der Waals surface area contributed by atoms with Crippen LogP contribution in [0.4, 0.5) is 11.4 Å². The molecule has 1 heterocycles. The summed E-state index contributed by atoms with van der Waals surface area (Å²) < 4.78 is 0. The van der Waals surface area contributed by atoms with Crippen molar-refractivity contribution in [3.05, 3.63) is 69.8 Å². The standard InChI is InChI=1S/C20H23N3O3/c1-15(24)17-9-10-18(19(13-17)23(25)26)21-14-20(22-11-5-6-12-22)16-7-3-2-4-8-16/h2-4,7-10,13,20-21H,5-6,11-12,14H2,1H3/p+1/t20-/m0/s1. The lowest BCUT2D eigenvalue weighted by Crippen LogP contribution is -3.11. The number of hydrogen-bond acceptors (Lipinski definition) is 4. The Labute approximate surface area is 153 Å². The first kappa shape index (κ1) is 18.1. The predicted octanol–water partition coefficient (Wildman–Crippen LogP) is 2.63. The van der Waals surface area contributed by atoms with Gasteiger partial charge in [-0.15, -0.1) is 0 Å². The van der Waals surface area contributed by atoms with Crippen molar-refractivity contribution in [1.29, 1.82) is 0 Å². The van der Waals surface area contributed by atoms with Gasteiger partial charge in [0.2, 0.25) is 0 Å². The monoisotopic (exact) mass is 354 g/mol. The molecule has 0 unspecified atom stereocenters. The molecule has 0 aromatic heterocycles. The number of nitro benzene ring substituents is 1. The Morgan fingerprint density at radius 1 is 1.19 bits per heavy atom. The molecule has 0 aliphatic carbocycles. The summed E-state index contributed by atoms with van der Waals surface area (Å²) in [6.45, 7) is 4.26. The zero-order valence-corrected chi connectivity index (χ0v) is 14.9. The number of nitrogens with zero attached hydrogens (tertiary/aromatic N) is 1. The zero-order valence-electron chi connectivity index (χ0n) is 14.9. The van der Waals surface area contributed by atoms with Gasteiger partial charge in [-0.25, -0.2) is 0 Å². The third kappa shape index (κ3) is 4.08. The molecule has 1 atom stereocenters. The molecule has 1 aliphatic rings. The van der Waals surface area contributed by atoms with Crippen LogP contribution >= 0.6 is 0 Å². The molecule has 2 aromatic carbocycles. The molecular weight excluding hydrogens is 330 g/mol. The molecular formula is C20H24N3O3+. The fourth-order valence-corrected chi connectivity index (χ4v) is 3.62. The number of nitro groups is 1. The third-order valence-electron chi connectivity index (χ3n) is 5.04. The number of quaternary nitrogens is 1. The van der Waals surface area contributed by atoms with Crippen LogP contribution in [0, 0.1) is 10.1 Å². The van der Waals surface area contributed by atoms with Crippen molar-refractivity contribution in [3.8, 4) is 0 Å². The normalized spacial score (nSPS) is 15.6. The van der Waals surface area contributed by atoms with E-state index in [-0.39, 0.29) is 17.5 Å². The molecule has 26 heavy (non-hydrogen) atoms. The van der Waals surface area contributed by atoms with Crippen LogP contribution < -0.4 is 10.2 Å². The Morgan fingerprint density at radius 2 is 1.88 bits per heavy atom. The van der Waals surface area contributed by atoms with Gasteiger partial charge in [-0.2, -0.15) is 0 Å². The van der Waals surface area contributed by atoms with Crippen molar-refractivity contribution in [3.63, 3.8) is 0 Å². The van der Waals surface area contributed by atoms with E-state index in [0.29, 0.717) is 17.8 Å². The lowest BCUT2D eigenvalue weighted by Gasteiger charge is -2.25. The highest BCUT2D eigenvalue weighted by Crippen LogP contribution is 2.26. The van der Waals surface area contributed by atoms with Crippen molar-refractivity contribution >= 4 is 17.2 Å². The summed E-state index contributed by atoms with van der Waals surface area (Å²) in [4.78, 5) is 24.0. The van der Waals surface area contributed by atoms with E-state index in [0.717, 1.165) is 13.1 Å². The summed E-state index contributed by atoms with van der Waals surface area (Å²) in [5, 5.41) is 14.7. The van der Waals surface area contributed by atoms with Gasteiger partial charge < -0.3 is 10.2 Å². The minimum absolute atomic E-state index is 0.0547. The lowest BCUT2D eigenvalue weighted by atomic mass is 10.0. The van der Waals surface area contributed by atoms with Gasteiger partial charge >= 0.3 is 0 Å². The summed E-state index contributed by atoms with van der Waals surface area (Å²) in [5.74, 6) is -0.177. The maximum absolute atomic E-state index is 11.5. The highest BCUT2D eigenvalue weighted by atomic mass is 16.6. The topological polar surface area (TPSA) is 76.7 Å². The molecule has 1 aliphatic heterocycles. The molecule has 2 aromatic rings. The van der Waals surface area contributed by atoms with Crippen molar-refractivity contribution in [2.75, 3.05) is 25.0 Å². The van der Waals surface area contributed by atoms with E-state index >= 15 is 0 Å². The molecule has 136 valence electrons. The molecule has 0 spiro atoms. The van der Waals surface area contributed by atoms with Gasteiger partial charge in [0, 0.05) is 30.0 Å². The second-order valence-corrected chi connectivity index (χ2v) is 6.75. The number of rotatable bonds is 7. The zero-order chi connectivity index (χ0) is 18.5. The molecule has 0 radical (unpaired) electrons. The van der Waals surface area contributed by atoms with Crippen LogP contribution in [0.5, 0.6) is 0 Å². The smallest absolute Gasteiger partial charge is 0.293 e. The van der Waals surface area contributed by atoms with E-state index in [1.165, 1.54) is 36.3 Å². The van der Waals surface area contributed by atoms with E-state index in [1.54, 1.807) is 12.1 Å². The van der Waals surface area contributed by atoms with Crippen molar-refractivity contribution in [2.45, 2.75) is 25.8 Å². The number of carbonyl (C=O) groups is 1. The van der Waals surface area contributed by atoms with Gasteiger partial charge in [-0.05, 0) is 19.1 Å². The maximum atomic E-state index is 11.5. The Balaban J connectivity index is 1.82. The molecule has 6 heteroatoms. The van der Waals surface area contributed by atoms with Crippen LogP contribution in [0.1, 0.15) is 41.7 Å². The summed E-state index contributed by atoms with van der Waals surface area (Å²) in [5.41, 5.74) is 1.99. The van der Waals surface area contributed by atoms with Crippen LogP contribution in [-0.4, -0.2) is 30.3 Å². The molecule has 1 fully saturated rings. The van der Waals surface area contributed by atoms with E-state index < -0.39 is 4.92 Å². The Bertz CT molecular complexity index is 786. The first-order valence-corrected chi connectivity index (χ1v) is 8.99. The molecule has 2 N–H and O–H groups in total. The Morgan fingerprint density at radius 3 is 2.50 bits per heavy atom. The van der Waals surface area contributed by atoms with Crippen molar-refractivity contribution in [2.24, 2.45) is 0 Å². The van der Waals surface area contributed by atoms with Gasteiger partial charge in [-0.1, -0.05) is 30.3 Å². The Hall–Kier alpha value is -2.73. The van der Waals surface area contributed by atoms with Crippen LogP contribution in [0.15, 0.2) is 48.5 Å². The highest BCUT2D eigenvalue weighted by Gasteiger charge is 2.28. The van der Waals surface area contributed by atoms with Crippen molar-refractivity contribution in [1.82, 2.24) is 0 Å². The van der Waals surface area contributed by atoms with Gasteiger partial charge in [-0.3, -0.25) is 14.9 Å². The SMILES string of the molecule is CC(=O)c1ccc(NC[C@@H](c2ccccc2)[NH+]2CCCC2)c([N+](=O)[O-])c1. The molecule has 0 amide bonds. The molecule has 1 saturated heterocycles. The number of carbonyl (C=O) groups excluding carboxylic acids is 1. The third-order valence-corrected chi connectivity index (χ3v) is 5.04. The van der Waals surface area contributed by atoms with E-state index in [9.17, 15) is 14.9 Å². The number of likely N-dealkylation sites (tertiary alicyclic amines) is 1.